The Hall–Kier alpha value is -1.15. The highest BCUT2D eigenvalue weighted by Gasteiger charge is 2.27. The van der Waals surface area contributed by atoms with Gasteiger partial charge in [-0.3, -0.25) is 0 Å². The van der Waals surface area contributed by atoms with E-state index in [2.05, 4.69) is 0 Å². The second-order valence-electron chi connectivity index (χ2n) is 4.91. The number of benzene rings is 1. The van der Waals surface area contributed by atoms with Crippen LogP contribution in [0.4, 0.5) is 5.69 Å². The average molecular weight is 316 g/mol. The molecule has 0 aliphatic carbocycles. The van der Waals surface area contributed by atoms with Crippen molar-refractivity contribution < 1.29 is 17.9 Å². The van der Waals surface area contributed by atoms with Crippen molar-refractivity contribution in [3.8, 4) is 0 Å². The van der Waals surface area contributed by atoms with Crippen molar-refractivity contribution in [2.45, 2.75) is 18.7 Å². The maximum Gasteiger partial charge on any atom is 0.218 e. The van der Waals surface area contributed by atoms with E-state index in [1.54, 1.807) is 38.5 Å². The lowest BCUT2D eigenvalue weighted by atomic mass is 10.2. The van der Waals surface area contributed by atoms with E-state index < -0.39 is 10.0 Å². The van der Waals surface area contributed by atoms with Crippen molar-refractivity contribution >= 4 is 15.7 Å². The van der Waals surface area contributed by atoms with Gasteiger partial charge in [-0.15, -0.1) is 0 Å². The van der Waals surface area contributed by atoms with Gasteiger partial charge in [-0.2, -0.15) is 4.31 Å². The molecule has 7 heteroatoms. The zero-order chi connectivity index (χ0) is 15.9. The van der Waals surface area contributed by atoms with Crippen LogP contribution in [0.1, 0.15) is 12.5 Å². The van der Waals surface area contributed by atoms with Crippen molar-refractivity contribution in [2.75, 3.05) is 39.7 Å². The van der Waals surface area contributed by atoms with Gasteiger partial charge >= 0.3 is 0 Å². The molecule has 0 fully saturated rings. The standard InChI is InChI=1S/C14H24N2O4S/c1-12(10-20-3)16(7-8-19-2)21(17,18)11-13-5-4-6-14(15)9-13/h4-6,9,12H,7-8,10-11,15H2,1-3H3. The molecule has 1 atom stereocenters. The molecule has 6 nitrogen and oxygen atoms in total. The molecule has 120 valence electrons. The summed E-state index contributed by atoms with van der Waals surface area (Å²) in [5, 5.41) is 0. The van der Waals surface area contributed by atoms with Crippen LogP contribution in [-0.2, 0) is 25.2 Å². The molecular formula is C14H24N2O4S. The van der Waals surface area contributed by atoms with Crippen LogP contribution in [0, 0.1) is 0 Å². The third-order valence-corrected chi connectivity index (χ3v) is 5.03. The van der Waals surface area contributed by atoms with Gasteiger partial charge in [0, 0.05) is 32.5 Å². The van der Waals surface area contributed by atoms with E-state index in [0.717, 1.165) is 0 Å². The van der Waals surface area contributed by atoms with Crippen LogP contribution in [0.15, 0.2) is 24.3 Å². The van der Waals surface area contributed by atoms with E-state index >= 15 is 0 Å². The Kier molecular flexibility index (Phi) is 7.10. The maximum atomic E-state index is 12.6. The molecule has 0 aliphatic rings. The van der Waals surface area contributed by atoms with Gasteiger partial charge in [0.2, 0.25) is 10.0 Å². The Labute approximate surface area is 126 Å². The van der Waals surface area contributed by atoms with Crippen molar-refractivity contribution in [3.05, 3.63) is 29.8 Å². The molecule has 21 heavy (non-hydrogen) atoms. The fraction of sp³-hybridized carbons (Fsp3) is 0.571. The molecule has 0 bridgehead atoms. The zero-order valence-electron chi connectivity index (χ0n) is 12.8. The lowest BCUT2D eigenvalue weighted by Crippen LogP contribution is -2.43. The summed E-state index contributed by atoms with van der Waals surface area (Å²) in [4.78, 5) is 0. The van der Waals surface area contributed by atoms with Gasteiger partial charge in [-0.05, 0) is 24.6 Å². The number of rotatable bonds is 9. The first-order valence-corrected chi connectivity index (χ1v) is 8.33. The molecule has 1 rings (SSSR count). The molecule has 0 radical (unpaired) electrons. The third kappa shape index (κ3) is 5.62. The minimum absolute atomic E-state index is 0.0875. The average Bonchev–Trinajstić information content (AvgIpc) is 2.38. The summed E-state index contributed by atoms with van der Waals surface area (Å²) in [6.45, 7) is 2.78. The summed E-state index contributed by atoms with van der Waals surface area (Å²) < 4.78 is 36.7. The number of ether oxygens (including phenoxy) is 2. The number of nitrogen functional groups attached to an aromatic ring is 1. The quantitative estimate of drug-likeness (QED) is 0.690. The largest absolute Gasteiger partial charge is 0.399 e. The number of hydrogen-bond donors (Lipinski definition) is 1. The summed E-state index contributed by atoms with van der Waals surface area (Å²) in [7, 11) is -0.372. The smallest absolute Gasteiger partial charge is 0.218 e. The topological polar surface area (TPSA) is 81.9 Å². The van der Waals surface area contributed by atoms with Crippen LogP contribution in [0.3, 0.4) is 0 Å². The fourth-order valence-corrected chi connectivity index (χ4v) is 3.84. The summed E-state index contributed by atoms with van der Waals surface area (Å²) in [5.74, 6) is -0.0875. The molecule has 0 aliphatic heterocycles. The minimum Gasteiger partial charge on any atom is -0.399 e. The van der Waals surface area contributed by atoms with Gasteiger partial charge in [0.05, 0.1) is 19.0 Å². The highest BCUT2D eigenvalue weighted by molar-refractivity contribution is 7.88. The van der Waals surface area contributed by atoms with Crippen molar-refractivity contribution in [1.82, 2.24) is 4.31 Å². The van der Waals surface area contributed by atoms with Crippen LogP contribution in [0.25, 0.3) is 0 Å². The molecule has 1 aromatic carbocycles. The van der Waals surface area contributed by atoms with Crippen molar-refractivity contribution in [1.29, 1.82) is 0 Å². The molecule has 1 unspecified atom stereocenters. The first-order valence-electron chi connectivity index (χ1n) is 6.72. The molecular weight excluding hydrogens is 292 g/mol. The van der Waals surface area contributed by atoms with Crippen LogP contribution in [0.2, 0.25) is 0 Å². The number of hydrogen-bond acceptors (Lipinski definition) is 5. The lowest BCUT2D eigenvalue weighted by Gasteiger charge is -2.27. The first-order chi connectivity index (χ1) is 9.90. The van der Waals surface area contributed by atoms with Crippen molar-refractivity contribution in [2.24, 2.45) is 0 Å². The molecule has 0 aromatic heterocycles. The SMILES string of the molecule is COCCN(C(C)COC)S(=O)(=O)Cc1cccc(N)c1. The molecule has 0 spiro atoms. The number of methoxy groups -OCH3 is 2. The molecule has 0 heterocycles. The Balaban J connectivity index is 2.92. The molecule has 0 saturated carbocycles. The second-order valence-corrected chi connectivity index (χ2v) is 6.83. The number of sulfonamides is 1. The fourth-order valence-electron chi connectivity index (χ4n) is 2.12. The molecule has 1 aromatic rings. The predicted molar refractivity (Wildman–Crippen MR) is 83.4 cm³/mol. The third-order valence-electron chi connectivity index (χ3n) is 3.07. The van der Waals surface area contributed by atoms with Crippen molar-refractivity contribution in [3.63, 3.8) is 0 Å². The normalized spacial score (nSPS) is 13.5. The first kappa shape index (κ1) is 17.9. The number of anilines is 1. The van der Waals surface area contributed by atoms with Gasteiger partial charge < -0.3 is 15.2 Å². The van der Waals surface area contributed by atoms with Crippen LogP contribution < -0.4 is 5.73 Å². The Morgan fingerprint density at radius 2 is 2.00 bits per heavy atom. The van der Waals surface area contributed by atoms with Crippen LogP contribution in [0.5, 0.6) is 0 Å². The monoisotopic (exact) mass is 316 g/mol. The minimum atomic E-state index is -3.47. The molecule has 0 saturated heterocycles. The van der Waals surface area contributed by atoms with Crippen LogP contribution in [-0.4, -0.2) is 52.7 Å². The highest BCUT2D eigenvalue weighted by Crippen LogP contribution is 2.16. The van der Waals surface area contributed by atoms with Gasteiger partial charge in [0.15, 0.2) is 0 Å². The van der Waals surface area contributed by atoms with Gasteiger partial charge in [-0.25, -0.2) is 8.42 Å². The van der Waals surface area contributed by atoms with Gasteiger partial charge in [-0.1, -0.05) is 12.1 Å². The Morgan fingerprint density at radius 1 is 1.29 bits per heavy atom. The second kappa shape index (κ2) is 8.33. The maximum absolute atomic E-state index is 12.6. The van der Waals surface area contributed by atoms with E-state index in [1.807, 2.05) is 6.92 Å². The summed E-state index contributed by atoms with van der Waals surface area (Å²) >= 11 is 0. The summed E-state index contributed by atoms with van der Waals surface area (Å²) in [6, 6.07) is 6.65. The Morgan fingerprint density at radius 3 is 2.57 bits per heavy atom. The molecule has 0 amide bonds. The van der Waals surface area contributed by atoms with Gasteiger partial charge in [0.1, 0.15) is 0 Å². The Bertz CT molecular complexity index is 534. The zero-order valence-corrected chi connectivity index (χ0v) is 13.6. The van der Waals surface area contributed by atoms with E-state index in [-0.39, 0.29) is 11.8 Å². The van der Waals surface area contributed by atoms with E-state index in [9.17, 15) is 8.42 Å². The van der Waals surface area contributed by atoms with E-state index in [0.29, 0.717) is 31.0 Å². The van der Waals surface area contributed by atoms with E-state index in [1.165, 1.54) is 4.31 Å². The summed E-state index contributed by atoms with van der Waals surface area (Å²) in [5.41, 5.74) is 6.91. The molecule has 2 N–H and O–H groups in total. The number of nitrogens with zero attached hydrogens (tertiary/aromatic N) is 1. The van der Waals surface area contributed by atoms with Crippen LogP contribution >= 0.6 is 0 Å². The highest BCUT2D eigenvalue weighted by atomic mass is 32.2. The predicted octanol–water partition coefficient (Wildman–Crippen LogP) is 1.08. The lowest BCUT2D eigenvalue weighted by molar-refractivity contribution is 0.119. The summed E-state index contributed by atoms with van der Waals surface area (Å²) in [6.07, 6.45) is 0. The number of nitrogens with two attached hydrogens (primary N) is 1. The van der Waals surface area contributed by atoms with E-state index in [4.69, 9.17) is 15.2 Å². The van der Waals surface area contributed by atoms with Gasteiger partial charge in [0.25, 0.3) is 0 Å².